The summed E-state index contributed by atoms with van der Waals surface area (Å²) in [6.45, 7) is 11.5. The van der Waals surface area contributed by atoms with Gasteiger partial charge in [-0.25, -0.2) is 0 Å². The van der Waals surface area contributed by atoms with E-state index in [0.717, 1.165) is 44.2 Å². The number of aryl methyl sites for hydroxylation is 2. The zero-order chi connectivity index (χ0) is 15.7. The molecular formula is C20H18O2. The van der Waals surface area contributed by atoms with E-state index in [1.165, 1.54) is 12.5 Å². The lowest BCUT2D eigenvalue weighted by molar-refractivity contribution is 0.486. The molecule has 0 aliphatic carbocycles. The summed E-state index contributed by atoms with van der Waals surface area (Å²) in [5.41, 5.74) is 2.33. The zero-order valence-electron chi connectivity index (χ0n) is 12.8. The van der Waals surface area contributed by atoms with Gasteiger partial charge in [-0.3, -0.25) is 0 Å². The minimum absolute atomic E-state index is 0.806. The van der Waals surface area contributed by atoms with Crippen LogP contribution in [0.25, 0.3) is 21.5 Å². The van der Waals surface area contributed by atoms with Crippen molar-refractivity contribution < 1.29 is 9.47 Å². The Labute approximate surface area is 130 Å². The van der Waals surface area contributed by atoms with Gasteiger partial charge in [0.2, 0.25) is 0 Å². The molecule has 0 bridgehead atoms. The smallest absolute Gasteiger partial charge is 0.142 e. The van der Waals surface area contributed by atoms with Crippen LogP contribution >= 0.6 is 0 Å². The van der Waals surface area contributed by atoms with Gasteiger partial charge in [0.25, 0.3) is 0 Å². The Morgan fingerprint density at radius 3 is 1.45 bits per heavy atom. The van der Waals surface area contributed by atoms with Crippen molar-refractivity contribution in [1.82, 2.24) is 0 Å². The number of hydrogen-bond donors (Lipinski definition) is 0. The van der Waals surface area contributed by atoms with Gasteiger partial charge in [0, 0.05) is 21.5 Å². The highest BCUT2D eigenvalue weighted by Crippen LogP contribution is 2.43. The molecule has 2 nitrogen and oxygen atoms in total. The average molecular weight is 290 g/mol. The highest BCUT2D eigenvalue weighted by atomic mass is 16.5. The topological polar surface area (TPSA) is 18.5 Å². The number of ether oxygens (including phenoxy) is 2. The van der Waals surface area contributed by atoms with Crippen LogP contribution in [0.15, 0.2) is 62.1 Å². The first-order valence-electron chi connectivity index (χ1n) is 7.17. The fraction of sp³-hybridized carbons (Fsp3) is 0.100. The minimum atomic E-state index is 0.806. The molecule has 0 spiro atoms. The highest BCUT2D eigenvalue weighted by Gasteiger charge is 2.15. The molecule has 22 heavy (non-hydrogen) atoms. The maximum absolute atomic E-state index is 5.74. The molecule has 3 rings (SSSR count). The Kier molecular flexibility index (Phi) is 3.60. The normalized spacial score (nSPS) is 10.6. The van der Waals surface area contributed by atoms with E-state index in [1.807, 2.05) is 0 Å². The van der Waals surface area contributed by atoms with Gasteiger partial charge in [-0.15, -0.1) is 0 Å². The molecule has 0 unspecified atom stereocenters. The van der Waals surface area contributed by atoms with Crippen LogP contribution in [0.2, 0.25) is 0 Å². The molecule has 0 fully saturated rings. The van der Waals surface area contributed by atoms with Crippen LogP contribution < -0.4 is 9.47 Å². The van der Waals surface area contributed by atoms with Crippen molar-refractivity contribution >= 4 is 21.5 Å². The van der Waals surface area contributed by atoms with Crippen LogP contribution in [0.5, 0.6) is 11.5 Å². The van der Waals surface area contributed by atoms with E-state index >= 15 is 0 Å². The van der Waals surface area contributed by atoms with Crippen molar-refractivity contribution in [3.63, 3.8) is 0 Å². The van der Waals surface area contributed by atoms with E-state index < -0.39 is 0 Å². The molecule has 0 saturated heterocycles. The van der Waals surface area contributed by atoms with Crippen LogP contribution in [0, 0.1) is 13.8 Å². The molecule has 0 atom stereocenters. The molecule has 2 heteroatoms. The van der Waals surface area contributed by atoms with Gasteiger partial charge in [-0.05, 0) is 26.0 Å². The van der Waals surface area contributed by atoms with Crippen LogP contribution in [-0.4, -0.2) is 0 Å². The summed E-state index contributed by atoms with van der Waals surface area (Å²) in [5, 5.41) is 4.02. The van der Waals surface area contributed by atoms with E-state index in [-0.39, 0.29) is 0 Å². The minimum Gasteiger partial charge on any atom is -0.464 e. The standard InChI is InChI=1S/C20H18O2/c1-5-21-19-15-9-7-14(4)12-18(15)20(22-6-2)16-10-8-13(3)11-17(16)19/h5-12H,1-2H2,3-4H3. The zero-order valence-corrected chi connectivity index (χ0v) is 12.8. The van der Waals surface area contributed by atoms with Crippen molar-refractivity contribution in [3.8, 4) is 11.5 Å². The van der Waals surface area contributed by atoms with Crippen molar-refractivity contribution in [3.05, 3.63) is 73.2 Å². The first-order chi connectivity index (χ1) is 10.7. The summed E-state index contributed by atoms with van der Waals surface area (Å²) in [7, 11) is 0. The van der Waals surface area contributed by atoms with Gasteiger partial charge < -0.3 is 9.47 Å². The fourth-order valence-electron chi connectivity index (χ4n) is 2.80. The summed E-state index contributed by atoms with van der Waals surface area (Å²) in [4.78, 5) is 0. The van der Waals surface area contributed by atoms with E-state index in [9.17, 15) is 0 Å². The van der Waals surface area contributed by atoms with E-state index in [0.29, 0.717) is 0 Å². The van der Waals surface area contributed by atoms with Crippen LogP contribution in [0.1, 0.15) is 11.1 Å². The molecule has 110 valence electrons. The Hall–Kier alpha value is -2.74. The number of hydrogen-bond acceptors (Lipinski definition) is 2. The summed E-state index contributed by atoms with van der Waals surface area (Å²) in [6.07, 6.45) is 2.93. The monoisotopic (exact) mass is 290 g/mol. The molecule has 3 aromatic carbocycles. The largest absolute Gasteiger partial charge is 0.464 e. The second-order valence-corrected chi connectivity index (χ2v) is 5.33. The van der Waals surface area contributed by atoms with Crippen LogP contribution in [0.3, 0.4) is 0 Å². The molecule has 0 radical (unpaired) electrons. The molecule has 0 heterocycles. The maximum atomic E-state index is 5.74. The number of benzene rings is 3. The molecule has 0 N–H and O–H groups in total. The van der Waals surface area contributed by atoms with Gasteiger partial charge in [-0.1, -0.05) is 48.6 Å². The molecule has 0 aromatic heterocycles. The second-order valence-electron chi connectivity index (χ2n) is 5.33. The second kappa shape index (κ2) is 5.57. The number of fused-ring (bicyclic) bond motifs is 2. The fourth-order valence-corrected chi connectivity index (χ4v) is 2.80. The first-order valence-corrected chi connectivity index (χ1v) is 7.17. The summed E-state index contributed by atoms with van der Waals surface area (Å²) in [5.74, 6) is 1.61. The summed E-state index contributed by atoms with van der Waals surface area (Å²) >= 11 is 0. The third-order valence-corrected chi connectivity index (χ3v) is 3.73. The van der Waals surface area contributed by atoms with Crippen molar-refractivity contribution in [2.45, 2.75) is 13.8 Å². The Bertz CT molecular complexity index is 816. The van der Waals surface area contributed by atoms with Crippen molar-refractivity contribution in [2.24, 2.45) is 0 Å². The molecular weight excluding hydrogens is 272 g/mol. The first kappa shape index (κ1) is 14.2. The Morgan fingerprint density at radius 2 is 1.09 bits per heavy atom. The van der Waals surface area contributed by atoms with Gasteiger partial charge in [0.1, 0.15) is 11.5 Å². The predicted molar refractivity (Wildman–Crippen MR) is 92.6 cm³/mol. The van der Waals surface area contributed by atoms with Crippen molar-refractivity contribution in [1.29, 1.82) is 0 Å². The van der Waals surface area contributed by atoms with E-state index in [2.05, 4.69) is 63.4 Å². The van der Waals surface area contributed by atoms with E-state index in [1.54, 1.807) is 0 Å². The molecule has 3 aromatic rings. The summed E-state index contributed by atoms with van der Waals surface area (Å²) < 4.78 is 11.5. The van der Waals surface area contributed by atoms with Crippen LogP contribution in [-0.2, 0) is 0 Å². The quantitative estimate of drug-likeness (QED) is 0.456. The van der Waals surface area contributed by atoms with Gasteiger partial charge in [0.15, 0.2) is 0 Å². The lowest BCUT2D eigenvalue weighted by Crippen LogP contribution is -1.93. The molecule has 0 saturated carbocycles. The van der Waals surface area contributed by atoms with Gasteiger partial charge in [-0.2, -0.15) is 0 Å². The third kappa shape index (κ3) is 2.23. The van der Waals surface area contributed by atoms with Gasteiger partial charge >= 0.3 is 0 Å². The average Bonchev–Trinajstić information content (AvgIpc) is 2.50. The molecule has 0 amide bonds. The van der Waals surface area contributed by atoms with Crippen LogP contribution in [0.4, 0.5) is 0 Å². The Balaban J connectivity index is 2.56. The van der Waals surface area contributed by atoms with Crippen molar-refractivity contribution in [2.75, 3.05) is 0 Å². The third-order valence-electron chi connectivity index (χ3n) is 3.73. The highest BCUT2D eigenvalue weighted by molar-refractivity contribution is 6.11. The SMILES string of the molecule is C=COc1c2ccc(C)cc2c(OC=C)c2ccc(C)cc12. The Morgan fingerprint density at radius 1 is 0.682 bits per heavy atom. The van der Waals surface area contributed by atoms with Gasteiger partial charge in [0.05, 0.1) is 12.5 Å². The predicted octanol–water partition coefficient (Wildman–Crippen LogP) is 5.65. The maximum Gasteiger partial charge on any atom is 0.142 e. The summed E-state index contributed by atoms with van der Waals surface area (Å²) in [6, 6.07) is 12.4. The molecule has 0 aliphatic heterocycles. The number of rotatable bonds is 4. The lowest BCUT2D eigenvalue weighted by Gasteiger charge is -2.16. The molecule has 0 aliphatic rings. The lowest BCUT2D eigenvalue weighted by atomic mass is 9.98. The van der Waals surface area contributed by atoms with E-state index in [4.69, 9.17) is 9.47 Å².